The number of aromatic nitrogens is 3. The van der Waals surface area contributed by atoms with Crippen molar-refractivity contribution >= 4 is 28.4 Å². The maximum Gasteiger partial charge on any atom is 0.347 e. The third kappa shape index (κ3) is 3.70. The van der Waals surface area contributed by atoms with Crippen molar-refractivity contribution in [2.75, 3.05) is 7.11 Å². The van der Waals surface area contributed by atoms with Crippen molar-refractivity contribution in [1.82, 2.24) is 19.9 Å². The average Bonchev–Trinajstić information content (AvgIpc) is 3.36. The van der Waals surface area contributed by atoms with Gasteiger partial charge in [-0.3, -0.25) is 14.4 Å². The van der Waals surface area contributed by atoms with Crippen LogP contribution >= 0.6 is 0 Å². The first-order chi connectivity index (χ1) is 16.3. The monoisotopic (exact) mass is 464 g/mol. The number of allylic oxidation sites excluding steroid dienone is 4. The number of hydrogen-bond acceptors (Lipinski definition) is 8. The first-order valence-corrected chi connectivity index (χ1v) is 10.3. The number of amides is 1. The molecule has 0 spiro atoms. The predicted octanol–water partition coefficient (Wildman–Crippen LogP) is 1.75. The molecule has 0 bridgehead atoms. The molecule has 1 aliphatic carbocycles. The zero-order valence-electron chi connectivity index (χ0n) is 17.9. The molecule has 11 heteroatoms. The molecule has 1 unspecified atom stereocenters. The Morgan fingerprint density at radius 3 is 2.85 bits per heavy atom. The zero-order valence-corrected chi connectivity index (χ0v) is 17.9. The summed E-state index contributed by atoms with van der Waals surface area (Å²) in [7, 11) is 1.50. The van der Waals surface area contributed by atoms with Gasteiger partial charge in [-0.15, -0.1) is 5.10 Å². The van der Waals surface area contributed by atoms with Crippen LogP contribution in [0.15, 0.2) is 63.3 Å². The van der Waals surface area contributed by atoms with E-state index in [0.29, 0.717) is 29.0 Å². The van der Waals surface area contributed by atoms with E-state index < -0.39 is 34.8 Å². The summed E-state index contributed by atoms with van der Waals surface area (Å²) >= 11 is 0. The molecule has 2 aromatic heterocycles. The minimum Gasteiger partial charge on any atom is -0.501 e. The molecular weight excluding hydrogens is 447 g/mol. The first-order valence-electron chi connectivity index (χ1n) is 10.3. The van der Waals surface area contributed by atoms with Gasteiger partial charge in [0.1, 0.15) is 29.2 Å². The number of nitrogens with zero attached hydrogens (tertiary/aromatic N) is 4. The lowest BCUT2D eigenvalue weighted by molar-refractivity contribution is -0.140. The number of ketones is 2. The van der Waals surface area contributed by atoms with E-state index in [4.69, 9.17) is 9.15 Å². The summed E-state index contributed by atoms with van der Waals surface area (Å²) in [6, 6.07) is 5.01. The minimum absolute atomic E-state index is 0.000923. The van der Waals surface area contributed by atoms with Crippen LogP contribution in [0.3, 0.4) is 0 Å². The Labute approximate surface area is 190 Å². The van der Waals surface area contributed by atoms with Crippen molar-refractivity contribution in [3.8, 4) is 0 Å². The molecule has 10 nitrogen and oxygen atoms in total. The van der Waals surface area contributed by atoms with Gasteiger partial charge in [-0.2, -0.15) is 0 Å². The van der Waals surface area contributed by atoms with Crippen molar-refractivity contribution < 1.29 is 27.9 Å². The summed E-state index contributed by atoms with van der Waals surface area (Å²) in [5.41, 5.74) is -0.127. The largest absolute Gasteiger partial charge is 0.501 e. The van der Waals surface area contributed by atoms with Crippen LogP contribution in [0.2, 0.25) is 0 Å². The normalized spacial score (nSPS) is 17.6. The number of fused-ring (bicyclic) bond motifs is 2. The average molecular weight is 464 g/mol. The molecule has 1 aliphatic heterocycles. The van der Waals surface area contributed by atoms with Crippen molar-refractivity contribution in [3.05, 3.63) is 81.6 Å². The standard InChI is InChI=1S/C23H17FN4O6/c1-33-15-4-5-18-16(8-15)21(30)22(31)28(18)10-14-9-27(26-25-14)11-19(29)17-6-12-2-3-13(24)7-20(12)34-23(17)32/h2-7,9,16H,8,10-11H2,1H3. The fraction of sp³-hybridized carbons (Fsp3) is 0.217. The van der Waals surface area contributed by atoms with Crippen LogP contribution in [-0.4, -0.2) is 44.5 Å². The zero-order chi connectivity index (χ0) is 24.0. The molecule has 0 radical (unpaired) electrons. The van der Waals surface area contributed by atoms with Crippen LogP contribution < -0.4 is 5.63 Å². The van der Waals surface area contributed by atoms with Crippen LogP contribution in [0.1, 0.15) is 22.5 Å². The molecule has 1 fully saturated rings. The fourth-order valence-electron chi connectivity index (χ4n) is 4.05. The summed E-state index contributed by atoms with van der Waals surface area (Å²) in [4.78, 5) is 51.1. The van der Waals surface area contributed by atoms with E-state index in [2.05, 4.69) is 10.3 Å². The number of halogens is 1. The van der Waals surface area contributed by atoms with E-state index in [-0.39, 0.29) is 24.2 Å². The predicted molar refractivity (Wildman–Crippen MR) is 114 cm³/mol. The molecule has 1 amide bonds. The number of Topliss-reactive ketones (excluding diaryl/α,β-unsaturated/α-hetero) is 2. The van der Waals surface area contributed by atoms with Gasteiger partial charge in [0, 0.05) is 23.6 Å². The second-order valence-electron chi connectivity index (χ2n) is 7.90. The molecule has 2 aliphatic rings. The van der Waals surface area contributed by atoms with Gasteiger partial charge in [0.2, 0.25) is 5.78 Å². The Hall–Kier alpha value is -4.41. The minimum atomic E-state index is -0.886. The summed E-state index contributed by atoms with van der Waals surface area (Å²) in [6.07, 6.45) is 5.16. The second kappa shape index (κ2) is 8.18. The van der Waals surface area contributed by atoms with Crippen LogP contribution in [-0.2, 0) is 27.4 Å². The van der Waals surface area contributed by atoms with Crippen molar-refractivity contribution in [2.24, 2.45) is 5.92 Å². The Balaban J connectivity index is 1.33. The number of ether oxygens (including phenoxy) is 1. The van der Waals surface area contributed by atoms with Crippen molar-refractivity contribution in [3.63, 3.8) is 0 Å². The Morgan fingerprint density at radius 1 is 1.24 bits per heavy atom. The SMILES string of the molecule is COC1=CC=C2C(C1)C(=O)C(=O)N2Cc1cn(CC(=O)c2cc3ccc(F)cc3oc2=O)nn1. The lowest BCUT2D eigenvalue weighted by Gasteiger charge is -2.21. The van der Waals surface area contributed by atoms with Gasteiger partial charge in [-0.1, -0.05) is 5.21 Å². The molecular formula is C23H17FN4O6. The van der Waals surface area contributed by atoms with Gasteiger partial charge in [-0.25, -0.2) is 13.9 Å². The summed E-state index contributed by atoms with van der Waals surface area (Å²) in [6.45, 7) is -0.302. The van der Waals surface area contributed by atoms with Gasteiger partial charge in [0.05, 0.1) is 31.5 Å². The summed E-state index contributed by atoms with van der Waals surface area (Å²) < 4.78 is 24.8. The molecule has 0 N–H and O–H groups in total. The maximum atomic E-state index is 13.3. The number of carbonyl (C=O) groups is 3. The molecule has 1 saturated heterocycles. The maximum absolute atomic E-state index is 13.3. The van der Waals surface area contributed by atoms with Gasteiger partial charge in [0.15, 0.2) is 5.78 Å². The van der Waals surface area contributed by atoms with Crippen molar-refractivity contribution in [2.45, 2.75) is 19.5 Å². The molecule has 0 saturated carbocycles. The molecule has 172 valence electrons. The third-order valence-corrected chi connectivity index (χ3v) is 5.76. The van der Waals surface area contributed by atoms with Crippen LogP contribution in [0.25, 0.3) is 11.0 Å². The van der Waals surface area contributed by atoms with Gasteiger partial charge >= 0.3 is 5.63 Å². The number of hydrogen-bond donors (Lipinski definition) is 0. The summed E-state index contributed by atoms with van der Waals surface area (Å²) in [5, 5.41) is 8.28. The fourth-order valence-corrected chi connectivity index (χ4v) is 4.05. The van der Waals surface area contributed by atoms with Crippen molar-refractivity contribution in [1.29, 1.82) is 0 Å². The third-order valence-electron chi connectivity index (χ3n) is 5.76. The topological polar surface area (TPSA) is 125 Å². The Bertz CT molecular complexity index is 1480. The van der Waals surface area contributed by atoms with E-state index in [9.17, 15) is 23.6 Å². The highest BCUT2D eigenvalue weighted by Crippen LogP contribution is 2.35. The van der Waals surface area contributed by atoms with Crippen LogP contribution in [0.5, 0.6) is 0 Å². The molecule has 3 heterocycles. The lowest BCUT2D eigenvalue weighted by Crippen LogP contribution is -2.26. The van der Waals surface area contributed by atoms with E-state index >= 15 is 0 Å². The van der Waals surface area contributed by atoms with Gasteiger partial charge in [-0.05, 0) is 30.4 Å². The molecule has 34 heavy (non-hydrogen) atoms. The number of benzene rings is 1. The highest BCUT2D eigenvalue weighted by molar-refractivity contribution is 6.40. The van der Waals surface area contributed by atoms with Gasteiger partial charge in [0.25, 0.3) is 5.91 Å². The number of likely N-dealkylation sites (tertiary alicyclic amines) is 1. The van der Waals surface area contributed by atoms with E-state index in [1.165, 1.54) is 41.1 Å². The summed E-state index contributed by atoms with van der Waals surface area (Å²) in [5.74, 6) is -2.27. The highest BCUT2D eigenvalue weighted by Gasteiger charge is 2.44. The highest BCUT2D eigenvalue weighted by atomic mass is 19.1. The first kappa shape index (κ1) is 21.4. The van der Waals surface area contributed by atoms with Crippen LogP contribution in [0.4, 0.5) is 4.39 Å². The quantitative estimate of drug-likeness (QED) is 0.307. The smallest absolute Gasteiger partial charge is 0.347 e. The Kier molecular flexibility index (Phi) is 5.16. The molecule has 1 atom stereocenters. The van der Waals surface area contributed by atoms with E-state index in [0.717, 1.165) is 6.07 Å². The molecule has 5 rings (SSSR count). The molecule has 1 aromatic carbocycles. The second-order valence-corrected chi connectivity index (χ2v) is 7.90. The van der Waals surface area contributed by atoms with Crippen LogP contribution in [0, 0.1) is 11.7 Å². The number of rotatable bonds is 6. The van der Waals surface area contributed by atoms with E-state index in [1.54, 1.807) is 12.2 Å². The number of methoxy groups -OCH3 is 1. The number of carbonyl (C=O) groups excluding carboxylic acids is 3. The lowest BCUT2D eigenvalue weighted by atomic mass is 9.94. The Morgan fingerprint density at radius 2 is 2.06 bits per heavy atom. The van der Waals surface area contributed by atoms with Gasteiger partial charge < -0.3 is 14.1 Å². The van der Waals surface area contributed by atoms with E-state index in [1.807, 2.05) is 0 Å². The molecule has 3 aromatic rings.